The molecule has 116 valence electrons. The molecule has 2 heteroatoms. The van der Waals surface area contributed by atoms with Crippen molar-refractivity contribution in [3.8, 4) is 22.3 Å². The van der Waals surface area contributed by atoms with Crippen molar-refractivity contribution >= 4 is 34.0 Å². The van der Waals surface area contributed by atoms with Gasteiger partial charge in [-0.05, 0) is 69.4 Å². The maximum atomic E-state index is 6.21. The van der Waals surface area contributed by atoms with Crippen molar-refractivity contribution in [2.75, 3.05) is 0 Å². The third kappa shape index (κ3) is 2.91. The standard InChI is InChI=1S/C22H14Cl2/c23-19-10-8-15(9-11-19)21-13-16-4-1-2-5-17(16)14-22(21)18-6-3-7-20(24)12-18/h1-14H. The lowest BCUT2D eigenvalue weighted by atomic mass is 9.91. The van der Waals surface area contributed by atoms with Gasteiger partial charge in [-0.2, -0.15) is 0 Å². The summed E-state index contributed by atoms with van der Waals surface area (Å²) < 4.78 is 0. The van der Waals surface area contributed by atoms with Crippen LogP contribution < -0.4 is 0 Å². The molecule has 0 spiro atoms. The van der Waals surface area contributed by atoms with E-state index in [-0.39, 0.29) is 0 Å². The molecule has 4 aromatic rings. The highest BCUT2D eigenvalue weighted by Gasteiger charge is 2.10. The topological polar surface area (TPSA) is 0 Å². The second-order valence-corrected chi connectivity index (χ2v) is 6.64. The SMILES string of the molecule is Clc1ccc(-c2cc3ccccc3cc2-c2cccc(Cl)c2)cc1. The van der Waals surface area contributed by atoms with Crippen molar-refractivity contribution in [3.63, 3.8) is 0 Å². The number of hydrogen-bond donors (Lipinski definition) is 0. The van der Waals surface area contributed by atoms with Gasteiger partial charge in [0, 0.05) is 10.0 Å². The second-order valence-electron chi connectivity index (χ2n) is 5.76. The van der Waals surface area contributed by atoms with Gasteiger partial charge in [-0.1, -0.05) is 71.7 Å². The van der Waals surface area contributed by atoms with Crippen LogP contribution in [-0.4, -0.2) is 0 Å². The van der Waals surface area contributed by atoms with Crippen LogP contribution in [0.3, 0.4) is 0 Å². The predicted molar refractivity (Wildman–Crippen MR) is 105 cm³/mol. The van der Waals surface area contributed by atoms with Gasteiger partial charge in [0.05, 0.1) is 0 Å². The van der Waals surface area contributed by atoms with E-state index in [0.29, 0.717) is 0 Å². The molecule has 4 rings (SSSR count). The number of rotatable bonds is 2. The number of fused-ring (bicyclic) bond motifs is 1. The minimum atomic E-state index is 0.739. The molecule has 0 radical (unpaired) electrons. The zero-order valence-corrected chi connectivity index (χ0v) is 14.4. The molecule has 0 atom stereocenters. The van der Waals surface area contributed by atoms with Crippen molar-refractivity contribution in [1.29, 1.82) is 0 Å². The Morgan fingerprint density at radius 3 is 1.71 bits per heavy atom. The molecular weight excluding hydrogens is 335 g/mol. The molecule has 0 aliphatic rings. The van der Waals surface area contributed by atoms with E-state index >= 15 is 0 Å². The Morgan fingerprint density at radius 2 is 1.08 bits per heavy atom. The summed E-state index contributed by atoms with van der Waals surface area (Å²) in [5.74, 6) is 0. The predicted octanol–water partition coefficient (Wildman–Crippen LogP) is 7.48. The van der Waals surface area contributed by atoms with Crippen LogP contribution >= 0.6 is 23.2 Å². The van der Waals surface area contributed by atoms with Gasteiger partial charge in [-0.25, -0.2) is 0 Å². The van der Waals surface area contributed by atoms with Crippen LogP contribution in [0.4, 0.5) is 0 Å². The summed E-state index contributed by atoms with van der Waals surface area (Å²) in [4.78, 5) is 0. The van der Waals surface area contributed by atoms with Crippen LogP contribution in [0.15, 0.2) is 84.9 Å². The Hall–Kier alpha value is -2.28. The third-order valence-electron chi connectivity index (χ3n) is 4.18. The summed E-state index contributed by atoms with van der Waals surface area (Å²) in [7, 11) is 0. The third-order valence-corrected chi connectivity index (χ3v) is 4.66. The van der Waals surface area contributed by atoms with Crippen LogP contribution in [-0.2, 0) is 0 Å². The summed E-state index contributed by atoms with van der Waals surface area (Å²) in [5.41, 5.74) is 4.59. The molecule has 0 fully saturated rings. The number of benzene rings is 4. The maximum Gasteiger partial charge on any atom is 0.0412 e. The largest absolute Gasteiger partial charge is 0.0843 e. The molecule has 0 heterocycles. The van der Waals surface area contributed by atoms with Gasteiger partial charge in [0.15, 0.2) is 0 Å². The molecule has 0 unspecified atom stereocenters. The summed E-state index contributed by atoms with van der Waals surface area (Å²) >= 11 is 12.3. The molecule has 0 aliphatic heterocycles. The lowest BCUT2D eigenvalue weighted by Gasteiger charge is -2.13. The molecule has 0 aliphatic carbocycles. The second kappa shape index (κ2) is 6.32. The lowest BCUT2D eigenvalue weighted by molar-refractivity contribution is 1.60. The van der Waals surface area contributed by atoms with Crippen LogP contribution in [0.25, 0.3) is 33.0 Å². The fourth-order valence-corrected chi connectivity index (χ4v) is 3.32. The summed E-state index contributed by atoms with van der Waals surface area (Å²) in [6.07, 6.45) is 0. The Kier molecular flexibility index (Phi) is 4.02. The first-order chi connectivity index (χ1) is 11.7. The van der Waals surface area contributed by atoms with Gasteiger partial charge in [0.25, 0.3) is 0 Å². The van der Waals surface area contributed by atoms with Crippen molar-refractivity contribution in [3.05, 3.63) is 95.0 Å². The molecular formula is C22H14Cl2. The van der Waals surface area contributed by atoms with Crippen LogP contribution in [0, 0.1) is 0 Å². The van der Waals surface area contributed by atoms with E-state index < -0.39 is 0 Å². The molecule has 4 aromatic carbocycles. The van der Waals surface area contributed by atoms with E-state index in [1.165, 1.54) is 21.9 Å². The fraction of sp³-hybridized carbons (Fsp3) is 0. The van der Waals surface area contributed by atoms with Gasteiger partial charge in [0.2, 0.25) is 0 Å². The molecule has 0 amide bonds. The van der Waals surface area contributed by atoms with Gasteiger partial charge in [0.1, 0.15) is 0 Å². The summed E-state index contributed by atoms with van der Waals surface area (Å²) in [5, 5.41) is 3.91. The lowest BCUT2D eigenvalue weighted by Crippen LogP contribution is -1.87. The molecule has 0 saturated heterocycles. The summed E-state index contributed by atoms with van der Waals surface area (Å²) in [6, 6.07) is 28.8. The molecule has 0 nitrogen and oxygen atoms in total. The van der Waals surface area contributed by atoms with Crippen molar-refractivity contribution in [1.82, 2.24) is 0 Å². The van der Waals surface area contributed by atoms with Crippen molar-refractivity contribution in [2.45, 2.75) is 0 Å². The molecule has 0 N–H and O–H groups in total. The zero-order chi connectivity index (χ0) is 16.5. The summed E-state index contributed by atoms with van der Waals surface area (Å²) in [6.45, 7) is 0. The highest BCUT2D eigenvalue weighted by atomic mass is 35.5. The number of halogens is 2. The zero-order valence-electron chi connectivity index (χ0n) is 12.8. The van der Waals surface area contributed by atoms with E-state index in [0.717, 1.165) is 21.2 Å². The normalized spacial score (nSPS) is 10.9. The average molecular weight is 349 g/mol. The minimum absolute atomic E-state index is 0.739. The number of hydrogen-bond acceptors (Lipinski definition) is 0. The van der Waals surface area contributed by atoms with Crippen LogP contribution in [0.1, 0.15) is 0 Å². The average Bonchev–Trinajstić information content (AvgIpc) is 2.61. The van der Waals surface area contributed by atoms with E-state index in [1.54, 1.807) is 0 Å². The van der Waals surface area contributed by atoms with Gasteiger partial charge < -0.3 is 0 Å². The molecule has 24 heavy (non-hydrogen) atoms. The van der Waals surface area contributed by atoms with E-state index in [9.17, 15) is 0 Å². The first-order valence-corrected chi connectivity index (χ1v) is 8.51. The smallest absolute Gasteiger partial charge is 0.0412 e. The Morgan fingerprint density at radius 1 is 0.458 bits per heavy atom. The first-order valence-electron chi connectivity index (χ1n) is 7.75. The van der Waals surface area contributed by atoms with Crippen molar-refractivity contribution in [2.24, 2.45) is 0 Å². The fourth-order valence-electron chi connectivity index (χ4n) is 3.00. The van der Waals surface area contributed by atoms with Gasteiger partial charge in [-0.15, -0.1) is 0 Å². The minimum Gasteiger partial charge on any atom is -0.0843 e. The van der Waals surface area contributed by atoms with Crippen LogP contribution in [0.2, 0.25) is 10.0 Å². The quantitative estimate of drug-likeness (QED) is 0.352. The van der Waals surface area contributed by atoms with Gasteiger partial charge >= 0.3 is 0 Å². The van der Waals surface area contributed by atoms with E-state index in [1.807, 2.05) is 30.3 Å². The highest BCUT2D eigenvalue weighted by molar-refractivity contribution is 6.31. The molecule has 0 saturated carbocycles. The van der Waals surface area contributed by atoms with E-state index in [4.69, 9.17) is 23.2 Å². The Bertz CT molecular complexity index is 1020. The van der Waals surface area contributed by atoms with Crippen LogP contribution in [0.5, 0.6) is 0 Å². The van der Waals surface area contributed by atoms with Gasteiger partial charge in [-0.3, -0.25) is 0 Å². The first kappa shape index (κ1) is 15.3. The monoisotopic (exact) mass is 348 g/mol. The molecule has 0 bridgehead atoms. The maximum absolute atomic E-state index is 6.21. The van der Waals surface area contributed by atoms with Crippen molar-refractivity contribution < 1.29 is 0 Å². The Labute approximate surface area is 151 Å². The van der Waals surface area contributed by atoms with E-state index in [2.05, 4.69) is 54.6 Å². The molecule has 0 aromatic heterocycles. The Balaban J connectivity index is 2.02. The highest BCUT2D eigenvalue weighted by Crippen LogP contribution is 2.36.